The number of carbonyl (C=O) groups is 1. The van der Waals surface area contributed by atoms with Crippen LogP contribution in [0.3, 0.4) is 0 Å². The average Bonchev–Trinajstić information content (AvgIpc) is 2.76. The lowest BCUT2D eigenvalue weighted by Crippen LogP contribution is -2.14. The summed E-state index contributed by atoms with van der Waals surface area (Å²) in [5, 5.41) is 6.24. The average molecular weight is 423 g/mol. The van der Waals surface area contributed by atoms with Crippen LogP contribution in [0, 0.1) is 0 Å². The third kappa shape index (κ3) is 6.19. The van der Waals surface area contributed by atoms with Gasteiger partial charge >= 0.3 is 0 Å². The summed E-state index contributed by atoms with van der Waals surface area (Å²) in [4.78, 5) is 12.6. The van der Waals surface area contributed by atoms with Crippen LogP contribution in [0.1, 0.15) is 18.1 Å². The molecule has 0 saturated heterocycles. The van der Waals surface area contributed by atoms with Crippen molar-refractivity contribution < 1.29 is 13.2 Å². The van der Waals surface area contributed by atoms with Crippen LogP contribution < -0.4 is 10.6 Å². The predicted octanol–water partition coefficient (Wildman–Crippen LogP) is 4.32. The van der Waals surface area contributed by atoms with E-state index in [4.69, 9.17) is 0 Å². The van der Waals surface area contributed by atoms with E-state index in [2.05, 4.69) is 22.8 Å². The first kappa shape index (κ1) is 21.6. The first-order chi connectivity index (χ1) is 14.5. The normalized spacial score (nSPS) is 11.1. The molecule has 0 atom stereocenters. The van der Waals surface area contributed by atoms with Crippen molar-refractivity contribution in [3.8, 4) is 0 Å². The molecule has 0 saturated carbocycles. The molecule has 0 radical (unpaired) electrons. The van der Waals surface area contributed by atoms with E-state index in [0.717, 1.165) is 29.9 Å². The van der Waals surface area contributed by atoms with Crippen molar-refractivity contribution in [2.24, 2.45) is 0 Å². The summed E-state index contributed by atoms with van der Waals surface area (Å²) in [6.45, 7) is 2.44. The Bertz CT molecular complexity index is 1060. The van der Waals surface area contributed by atoms with Gasteiger partial charge in [0.15, 0.2) is 9.84 Å². The zero-order valence-electron chi connectivity index (χ0n) is 17.0. The standard InChI is InChI=1S/C24H26N2O3S/c1-2-30(28,29)23-14-8-20(9-15-23)18-24(27)26-22-12-10-21(11-13-22)25-17-16-19-6-4-3-5-7-19/h3-15,25H,2,16-18H2,1H3,(H,26,27). The topological polar surface area (TPSA) is 75.3 Å². The summed E-state index contributed by atoms with van der Waals surface area (Å²) >= 11 is 0. The highest BCUT2D eigenvalue weighted by atomic mass is 32.2. The van der Waals surface area contributed by atoms with Crippen molar-refractivity contribution in [3.63, 3.8) is 0 Å². The number of sulfone groups is 1. The maximum atomic E-state index is 12.3. The number of benzene rings is 3. The first-order valence-electron chi connectivity index (χ1n) is 9.95. The van der Waals surface area contributed by atoms with Crippen molar-refractivity contribution in [1.29, 1.82) is 0 Å². The SMILES string of the molecule is CCS(=O)(=O)c1ccc(CC(=O)Nc2ccc(NCCc3ccccc3)cc2)cc1. The molecule has 0 heterocycles. The van der Waals surface area contributed by atoms with Crippen LogP contribution in [0.5, 0.6) is 0 Å². The van der Waals surface area contributed by atoms with Gasteiger partial charge < -0.3 is 10.6 Å². The van der Waals surface area contributed by atoms with Crippen molar-refractivity contribution in [3.05, 3.63) is 90.0 Å². The Labute approximate surface area is 178 Å². The van der Waals surface area contributed by atoms with E-state index in [1.165, 1.54) is 5.56 Å². The van der Waals surface area contributed by atoms with E-state index in [9.17, 15) is 13.2 Å². The Morgan fingerprint density at radius 2 is 1.43 bits per heavy atom. The van der Waals surface area contributed by atoms with E-state index in [1.807, 2.05) is 42.5 Å². The molecule has 30 heavy (non-hydrogen) atoms. The van der Waals surface area contributed by atoms with Crippen LogP contribution >= 0.6 is 0 Å². The van der Waals surface area contributed by atoms with E-state index in [0.29, 0.717) is 0 Å². The second-order valence-corrected chi connectivity index (χ2v) is 9.29. The fraction of sp³-hybridized carbons (Fsp3) is 0.208. The van der Waals surface area contributed by atoms with Gasteiger partial charge in [-0.3, -0.25) is 4.79 Å². The molecule has 6 heteroatoms. The van der Waals surface area contributed by atoms with Gasteiger partial charge in [0.25, 0.3) is 0 Å². The van der Waals surface area contributed by atoms with Gasteiger partial charge in [0.1, 0.15) is 0 Å². The van der Waals surface area contributed by atoms with Crippen LogP contribution in [0.15, 0.2) is 83.8 Å². The molecule has 0 aromatic heterocycles. The molecule has 0 aliphatic rings. The second-order valence-electron chi connectivity index (χ2n) is 7.01. The molecule has 3 aromatic carbocycles. The largest absolute Gasteiger partial charge is 0.385 e. The number of anilines is 2. The van der Waals surface area contributed by atoms with Gasteiger partial charge in [0.2, 0.25) is 5.91 Å². The molecule has 0 bridgehead atoms. The number of hydrogen-bond acceptors (Lipinski definition) is 4. The van der Waals surface area contributed by atoms with Crippen LogP contribution in [0.25, 0.3) is 0 Å². The fourth-order valence-corrected chi connectivity index (χ4v) is 3.92. The zero-order chi connectivity index (χ0) is 21.4. The molecular weight excluding hydrogens is 396 g/mol. The third-order valence-corrected chi connectivity index (χ3v) is 6.53. The second kappa shape index (κ2) is 10.1. The Morgan fingerprint density at radius 1 is 0.800 bits per heavy atom. The monoisotopic (exact) mass is 422 g/mol. The van der Waals surface area contributed by atoms with Gasteiger partial charge in [0, 0.05) is 17.9 Å². The number of hydrogen-bond donors (Lipinski definition) is 2. The van der Waals surface area contributed by atoms with E-state index in [-0.39, 0.29) is 23.0 Å². The third-order valence-electron chi connectivity index (χ3n) is 4.78. The quantitative estimate of drug-likeness (QED) is 0.539. The van der Waals surface area contributed by atoms with Crippen molar-refractivity contribution >= 4 is 27.1 Å². The van der Waals surface area contributed by atoms with E-state index < -0.39 is 9.84 Å². The van der Waals surface area contributed by atoms with E-state index in [1.54, 1.807) is 31.2 Å². The Balaban J connectivity index is 1.48. The first-order valence-corrected chi connectivity index (χ1v) is 11.6. The number of nitrogens with one attached hydrogen (secondary N) is 2. The van der Waals surface area contributed by atoms with Gasteiger partial charge in [-0.2, -0.15) is 0 Å². The van der Waals surface area contributed by atoms with Gasteiger partial charge in [0.05, 0.1) is 17.1 Å². The minimum absolute atomic E-state index is 0.0595. The highest BCUT2D eigenvalue weighted by Gasteiger charge is 2.11. The summed E-state index contributed by atoms with van der Waals surface area (Å²) < 4.78 is 23.7. The van der Waals surface area contributed by atoms with Gasteiger partial charge in [-0.1, -0.05) is 49.4 Å². The molecule has 0 spiro atoms. The zero-order valence-corrected chi connectivity index (χ0v) is 17.8. The van der Waals surface area contributed by atoms with Crippen molar-refractivity contribution in [2.75, 3.05) is 22.9 Å². The van der Waals surface area contributed by atoms with Crippen LogP contribution in [0.2, 0.25) is 0 Å². The van der Waals surface area contributed by atoms with E-state index >= 15 is 0 Å². The summed E-state index contributed by atoms with van der Waals surface area (Å²) in [6.07, 6.45) is 1.13. The molecule has 3 aromatic rings. The van der Waals surface area contributed by atoms with Crippen LogP contribution in [-0.4, -0.2) is 26.6 Å². The lowest BCUT2D eigenvalue weighted by atomic mass is 10.1. The molecule has 0 unspecified atom stereocenters. The van der Waals surface area contributed by atoms with Crippen molar-refractivity contribution in [1.82, 2.24) is 0 Å². The van der Waals surface area contributed by atoms with Crippen molar-refractivity contribution in [2.45, 2.75) is 24.7 Å². The number of carbonyl (C=O) groups excluding carboxylic acids is 1. The highest BCUT2D eigenvalue weighted by molar-refractivity contribution is 7.91. The summed E-state index contributed by atoms with van der Waals surface area (Å²) in [7, 11) is -3.23. The maximum absolute atomic E-state index is 12.3. The minimum Gasteiger partial charge on any atom is -0.385 e. The molecular formula is C24H26N2O3S. The maximum Gasteiger partial charge on any atom is 0.228 e. The van der Waals surface area contributed by atoms with Gasteiger partial charge in [-0.15, -0.1) is 0 Å². The predicted molar refractivity (Wildman–Crippen MR) is 122 cm³/mol. The van der Waals surface area contributed by atoms with Gasteiger partial charge in [-0.25, -0.2) is 8.42 Å². The molecule has 1 amide bonds. The number of rotatable bonds is 9. The summed E-state index contributed by atoms with van der Waals surface area (Å²) in [6, 6.07) is 24.4. The van der Waals surface area contributed by atoms with Gasteiger partial charge in [-0.05, 0) is 53.9 Å². The Morgan fingerprint density at radius 3 is 2.07 bits per heavy atom. The lowest BCUT2D eigenvalue weighted by molar-refractivity contribution is -0.115. The molecule has 5 nitrogen and oxygen atoms in total. The van der Waals surface area contributed by atoms with Crippen LogP contribution in [-0.2, 0) is 27.5 Å². The highest BCUT2D eigenvalue weighted by Crippen LogP contribution is 2.16. The molecule has 156 valence electrons. The fourth-order valence-electron chi connectivity index (χ4n) is 3.04. The molecule has 3 rings (SSSR count). The molecule has 0 aliphatic carbocycles. The number of amides is 1. The molecule has 0 fully saturated rings. The molecule has 0 aliphatic heterocycles. The summed E-state index contributed by atoms with van der Waals surface area (Å²) in [5.41, 5.74) is 3.77. The minimum atomic E-state index is -3.23. The van der Waals surface area contributed by atoms with Crippen LogP contribution in [0.4, 0.5) is 11.4 Å². The molecule has 2 N–H and O–H groups in total. The Kier molecular flexibility index (Phi) is 7.25. The lowest BCUT2D eigenvalue weighted by Gasteiger charge is -2.09. The summed E-state index contributed by atoms with van der Waals surface area (Å²) in [5.74, 6) is -0.0879. The smallest absolute Gasteiger partial charge is 0.228 e. The Hall–Kier alpha value is -3.12.